The Hall–Kier alpha value is -2.56. The van der Waals surface area contributed by atoms with Crippen LogP contribution in [-0.2, 0) is 0 Å². The van der Waals surface area contributed by atoms with Gasteiger partial charge in [-0.3, -0.25) is 9.59 Å². The minimum absolute atomic E-state index is 0.0643. The predicted molar refractivity (Wildman–Crippen MR) is 96.9 cm³/mol. The maximum atomic E-state index is 12.7. The van der Waals surface area contributed by atoms with Crippen LogP contribution in [0.25, 0.3) is 0 Å². The quantitative estimate of drug-likeness (QED) is 0.918. The number of nitrogens with zero attached hydrogens (tertiary/aromatic N) is 1. The van der Waals surface area contributed by atoms with E-state index in [4.69, 9.17) is 4.42 Å². The average molecular weight is 340 g/mol. The summed E-state index contributed by atoms with van der Waals surface area (Å²) in [4.78, 5) is 26.9. The number of hydrogen-bond acceptors (Lipinski definition) is 3. The molecular formula is C20H24N2O3. The van der Waals surface area contributed by atoms with Crippen molar-refractivity contribution < 1.29 is 14.0 Å². The van der Waals surface area contributed by atoms with Crippen LogP contribution in [-0.4, -0.2) is 29.8 Å². The monoisotopic (exact) mass is 340 g/mol. The van der Waals surface area contributed by atoms with E-state index in [-0.39, 0.29) is 11.8 Å². The maximum absolute atomic E-state index is 12.7. The summed E-state index contributed by atoms with van der Waals surface area (Å²) in [6.07, 6.45) is 3.74. The first-order valence-electron chi connectivity index (χ1n) is 8.71. The molecule has 1 saturated heterocycles. The number of piperidine rings is 1. The van der Waals surface area contributed by atoms with Crippen LogP contribution in [0, 0.1) is 19.8 Å². The molecule has 25 heavy (non-hydrogen) atoms. The second-order valence-corrected chi connectivity index (χ2v) is 6.92. The van der Waals surface area contributed by atoms with Crippen LogP contribution < -0.4 is 5.32 Å². The van der Waals surface area contributed by atoms with Gasteiger partial charge in [-0.2, -0.15) is 0 Å². The molecule has 2 heterocycles. The van der Waals surface area contributed by atoms with Gasteiger partial charge in [0, 0.05) is 29.9 Å². The minimum Gasteiger partial charge on any atom is -0.459 e. The van der Waals surface area contributed by atoms with Gasteiger partial charge in [-0.15, -0.1) is 0 Å². The van der Waals surface area contributed by atoms with Gasteiger partial charge in [0.2, 0.25) is 0 Å². The summed E-state index contributed by atoms with van der Waals surface area (Å²) in [5, 5.41) is 2.85. The van der Waals surface area contributed by atoms with E-state index >= 15 is 0 Å². The Morgan fingerprint density at radius 1 is 1.20 bits per heavy atom. The Morgan fingerprint density at radius 3 is 2.64 bits per heavy atom. The first kappa shape index (κ1) is 17.3. The van der Waals surface area contributed by atoms with Crippen molar-refractivity contribution in [3.8, 4) is 0 Å². The highest BCUT2D eigenvalue weighted by Crippen LogP contribution is 2.22. The molecular weight excluding hydrogens is 316 g/mol. The molecule has 0 spiro atoms. The molecule has 5 heteroatoms. The standard InChI is InChI=1S/C20H24N2O3/c1-13-5-4-9-22(12-13)20(24)16-6-7-17(15(3)11-16)21-19(23)18-14(2)8-10-25-18/h6-8,10-11,13H,4-5,9,12H2,1-3H3,(H,21,23)/t13-/m0/s1. The number of amides is 2. The molecule has 0 unspecified atom stereocenters. The minimum atomic E-state index is -0.283. The highest BCUT2D eigenvalue weighted by molar-refractivity contribution is 6.04. The largest absolute Gasteiger partial charge is 0.459 e. The third kappa shape index (κ3) is 3.76. The van der Waals surface area contributed by atoms with E-state index in [0.29, 0.717) is 22.9 Å². The number of rotatable bonds is 3. The zero-order chi connectivity index (χ0) is 18.0. The molecule has 1 N–H and O–H groups in total. The van der Waals surface area contributed by atoms with Crippen molar-refractivity contribution in [3.05, 3.63) is 53.0 Å². The van der Waals surface area contributed by atoms with Crippen molar-refractivity contribution in [2.45, 2.75) is 33.6 Å². The summed E-state index contributed by atoms with van der Waals surface area (Å²) >= 11 is 0. The lowest BCUT2D eigenvalue weighted by molar-refractivity contribution is 0.0683. The molecule has 1 aromatic heterocycles. The zero-order valence-electron chi connectivity index (χ0n) is 15.0. The van der Waals surface area contributed by atoms with Gasteiger partial charge >= 0.3 is 0 Å². The number of nitrogens with one attached hydrogen (secondary N) is 1. The molecule has 1 aliphatic heterocycles. The highest BCUT2D eigenvalue weighted by atomic mass is 16.3. The van der Waals surface area contributed by atoms with Gasteiger partial charge in [0.05, 0.1) is 6.26 Å². The SMILES string of the molecule is Cc1cc(C(=O)N2CCC[C@H](C)C2)ccc1NC(=O)c1occc1C. The van der Waals surface area contributed by atoms with Gasteiger partial charge in [-0.05, 0) is 62.4 Å². The van der Waals surface area contributed by atoms with E-state index in [9.17, 15) is 9.59 Å². The summed E-state index contributed by atoms with van der Waals surface area (Å²) in [5.74, 6) is 0.639. The van der Waals surface area contributed by atoms with E-state index in [0.717, 1.165) is 30.6 Å². The van der Waals surface area contributed by atoms with E-state index in [1.807, 2.05) is 24.8 Å². The Morgan fingerprint density at radius 2 is 2.00 bits per heavy atom. The first-order chi connectivity index (χ1) is 12.0. The normalized spacial score (nSPS) is 17.4. The van der Waals surface area contributed by atoms with Crippen LogP contribution in [0.4, 0.5) is 5.69 Å². The molecule has 1 aliphatic rings. The number of carbonyl (C=O) groups excluding carboxylic acids is 2. The molecule has 3 rings (SSSR count). The summed E-state index contributed by atoms with van der Waals surface area (Å²) in [5.41, 5.74) is 3.00. The van der Waals surface area contributed by atoms with Crippen molar-refractivity contribution >= 4 is 17.5 Å². The van der Waals surface area contributed by atoms with Gasteiger partial charge in [0.15, 0.2) is 5.76 Å². The smallest absolute Gasteiger partial charge is 0.291 e. The molecule has 0 bridgehead atoms. The summed E-state index contributed by atoms with van der Waals surface area (Å²) in [6.45, 7) is 7.53. The van der Waals surface area contributed by atoms with Crippen LogP contribution >= 0.6 is 0 Å². The summed E-state index contributed by atoms with van der Waals surface area (Å²) in [6, 6.07) is 7.15. The zero-order valence-corrected chi connectivity index (χ0v) is 15.0. The Kier molecular flexibility index (Phi) is 4.93. The fourth-order valence-corrected chi connectivity index (χ4v) is 3.28. The second-order valence-electron chi connectivity index (χ2n) is 6.92. The molecule has 132 valence electrons. The van der Waals surface area contributed by atoms with E-state index in [1.165, 1.54) is 12.7 Å². The van der Waals surface area contributed by atoms with Crippen LogP contribution in [0.3, 0.4) is 0 Å². The van der Waals surface area contributed by atoms with Gasteiger partial charge in [0.1, 0.15) is 0 Å². The van der Waals surface area contributed by atoms with Crippen molar-refractivity contribution in [2.75, 3.05) is 18.4 Å². The number of likely N-dealkylation sites (tertiary alicyclic amines) is 1. The van der Waals surface area contributed by atoms with E-state index in [2.05, 4.69) is 12.2 Å². The van der Waals surface area contributed by atoms with Crippen LogP contribution in [0.1, 0.15) is 51.8 Å². The van der Waals surface area contributed by atoms with Crippen LogP contribution in [0.5, 0.6) is 0 Å². The van der Waals surface area contributed by atoms with Crippen LogP contribution in [0.2, 0.25) is 0 Å². The Balaban J connectivity index is 1.73. The molecule has 2 amide bonds. The summed E-state index contributed by atoms with van der Waals surface area (Å²) < 4.78 is 5.22. The van der Waals surface area contributed by atoms with Crippen molar-refractivity contribution in [2.24, 2.45) is 5.92 Å². The molecule has 1 fully saturated rings. The van der Waals surface area contributed by atoms with E-state index < -0.39 is 0 Å². The lowest BCUT2D eigenvalue weighted by Crippen LogP contribution is -2.39. The van der Waals surface area contributed by atoms with Crippen molar-refractivity contribution in [1.29, 1.82) is 0 Å². The van der Waals surface area contributed by atoms with Crippen molar-refractivity contribution in [1.82, 2.24) is 4.90 Å². The third-order valence-electron chi connectivity index (χ3n) is 4.73. The lowest BCUT2D eigenvalue weighted by atomic mass is 9.99. The Labute approximate surface area is 148 Å². The fraction of sp³-hybridized carbons (Fsp3) is 0.400. The van der Waals surface area contributed by atoms with Gasteiger partial charge in [-0.25, -0.2) is 0 Å². The third-order valence-corrected chi connectivity index (χ3v) is 4.73. The molecule has 2 aromatic rings. The lowest BCUT2D eigenvalue weighted by Gasteiger charge is -2.31. The van der Waals surface area contributed by atoms with Gasteiger partial charge < -0.3 is 14.6 Å². The van der Waals surface area contributed by atoms with Crippen LogP contribution in [0.15, 0.2) is 34.9 Å². The molecule has 0 saturated carbocycles. The molecule has 0 radical (unpaired) electrons. The molecule has 1 atom stereocenters. The molecule has 5 nitrogen and oxygen atoms in total. The highest BCUT2D eigenvalue weighted by Gasteiger charge is 2.22. The number of benzene rings is 1. The molecule has 0 aliphatic carbocycles. The average Bonchev–Trinajstić information content (AvgIpc) is 3.02. The molecule has 1 aromatic carbocycles. The second kappa shape index (κ2) is 7.13. The fourth-order valence-electron chi connectivity index (χ4n) is 3.28. The topological polar surface area (TPSA) is 62.6 Å². The number of aryl methyl sites for hydroxylation is 2. The number of carbonyl (C=O) groups is 2. The maximum Gasteiger partial charge on any atom is 0.291 e. The Bertz CT molecular complexity index is 794. The predicted octanol–water partition coefficient (Wildman–Crippen LogP) is 4.02. The van der Waals surface area contributed by atoms with Gasteiger partial charge in [0.25, 0.3) is 11.8 Å². The van der Waals surface area contributed by atoms with E-state index in [1.54, 1.807) is 18.2 Å². The first-order valence-corrected chi connectivity index (χ1v) is 8.71. The van der Waals surface area contributed by atoms with Crippen molar-refractivity contribution in [3.63, 3.8) is 0 Å². The number of anilines is 1. The van der Waals surface area contributed by atoms with Gasteiger partial charge in [-0.1, -0.05) is 6.92 Å². The summed E-state index contributed by atoms with van der Waals surface area (Å²) in [7, 11) is 0. The number of hydrogen-bond donors (Lipinski definition) is 1. The number of furan rings is 1.